The van der Waals surface area contributed by atoms with Gasteiger partial charge in [0.2, 0.25) is 0 Å². The van der Waals surface area contributed by atoms with Gasteiger partial charge in [-0.3, -0.25) is 0 Å². The van der Waals surface area contributed by atoms with Crippen molar-refractivity contribution in [2.24, 2.45) is 5.73 Å². The van der Waals surface area contributed by atoms with Gasteiger partial charge in [-0.1, -0.05) is 18.2 Å². The third kappa shape index (κ3) is 2.26. The molecule has 3 N–H and O–H groups in total. The predicted octanol–water partition coefficient (Wildman–Crippen LogP) is 1.98. The molecule has 3 rings (SSSR count). The summed E-state index contributed by atoms with van der Waals surface area (Å²) in [6, 6.07) is 7.97. The van der Waals surface area contributed by atoms with Crippen molar-refractivity contribution < 1.29 is 14.6 Å². The molecule has 0 bridgehead atoms. The summed E-state index contributed by atoms with van der Waals surface area (Å²) >= 11 is 0. The fourth-order valence-corrected chi connectivity index (χ4v) is 4.26. The maximum absolute atomic E-state index is 11.5. The molecule has 1 fully saturated rings. The van der Waals surface area contributed by atoms with Crippen LogP contribution in [0.25, 0.3) is 0 Å². The lowest BCUT2D eigenvalue weighted by Crippen LogP contribution is -2.62. The van der Waals surface area contributed by atoms with E-state index in [2.05, 4.69) is 0 Å². The van der Waals surface area contributed by atoms with E-state index in [0.717, 1.165) is 17.7 Å². The molecule has 3 unspecified atom stereocenters. The second-order valence-electron chi connectivity index (χ2n) is 6.58. The number of nitrogens with two attached hydrogens (primary N) is 1. The standard InChI is InChI=1S/C17H25NO3/c1-12-9-17(19,10-13(2)21-12)16(11-18)7-8-20-15-6-4-3-5-14(15)16/h3-6,12-13,19H,7-11,18H2,1-2H3. The molecule has 0 amide bonds. The lowest BCUT2D eigenvalue weighted by molar-refractivity contribution is -0.168. The van der Waals surface area contributed by atoms with E-state index in [9.17, 15) is 5.11 Å². The van der Waals surface area contributed by atoms with E-state index in [4.69, 9.17) is 15.2 Å². The highest BCUT2D eigenvalue weighted by Gasteiger charge is 2.55. The summed E-state index contributed by atoms with van der Waals surface area (Å²) in [7, 11) is 0. The molecule has 116 valence electrons. The number of hydrogen-bond acceptors (Lipinski definition) is 4. The van der Waals surface area contributed by atoms with Gasteiger partial charge in [0.05, 0.1) is 24.4 Å². The summed E-state index contributed by atoms with van der Waals surface area (Å²) in [5.74, 6) is 0.856. The van der Waals surface area contributed by atoms with Gasteiger partial charge >= 0.3 is 0 Å². The Morgan fingerprint density at radius 3 is 2.57 bits per heavy atom. The van der Waals surface area contributed by atoms with Gasteiger partial charge in [0, 0.05) is 30.4 Å². The van der Waals surface area contributed by atoms with E-state index in [1.54, 1.807) is 0 Å². The highest BCUT2D eigenvalue weighted by atomic mass is 16.5. The number of rotatable bonds is 2. The van der Waals surface area contributed by atoms with Crippen LogP contribution in [0.5, 0.6) is 5.75 Å². The predicted molar refractivity (Wildman–Crippen MR) is 81.5 cm³/mol. The molecule has 4 nitrogen and oxygen atoms in total. The van der Waals surface area contributed by atoms with Crippen LogP contribution >= 0.6 is 0 Å². The van der Waals surface area contributed by atoms with Gasteiger partial charge in [0.1, 0.15) is 5.75 Å². The second kappa shape index (κ2) is 5.27. The molecule has 2 aliphatic rings. The van der Waals surface area contributed by atoms with Crippen LogP contribution in [-0.2, 0) is 10.2 Å². The Kier molecular flexibility index (Phi) is 3.72. The van der Waals surface area contributed by atoms with Gasteiger partial charge in [-0.05, 0) is 26.3 Å². The van der Waals surface area contributed by atoms with E-state index in [-0.39, 0.29) is 12.2 Å². The van der Waals surface area contributed by atoms with E-state index >= 15 is 0 Å². The number of para-hydroxylation sites is 1. The van der Waals surface area contributed by atoms with Gasteiger partial charge in [-0.15, -0.1) is 0 Å². The van der Waals surface area contributed by atoms with E-state index in [0.29, 0.717) is 26.0 Å². The number of aliphatic hydroxyl groups is 1. The van der Waals surface area contributed by atoms with Crippen LogP contribution in [-0.4, -0.2) is 36.1 Å². The maximum atomic E-state index is 11.5. The summed E-state index contributed by atoms with van der Waals surface area (Å²) in [5.41, 5.74) is 5.95. The minimum atomic E-state index is -0.848. The van der Waals surface area contributed by atoms with E-state index < -0.39 is 11.0 Å². The summed E-state index contributed by atoms with van der Waals surface area (Å²) in [4.78, 5) is 0. The molecule has 1 aromatic rings. The molecule has 21 heavy (non-hydrogen) atoms. The highest BCUT2D eigenvalue weighted by molar-refractivity contribution is 5.44. The molecule has 2 heterocycles. The smallest absolute Gasteiger partial charge is 0.123 e. The molecular formula is C17H25NO3. The first kappa shape index (κ1) is 14.8. The van der Waals surface area contributed by atoms with Gasteiger partial charge in [-0.2, -0.15) is 0 Å². The quantitative estimate of drug-likeness (QED) is 0.874. The van der Waals surface area contributed by atoms with Crippen molar-refractivity contribution in [3.05, 3.63) is 29.8 Å². The van der Waals surface area contributed by atoms with Crippen molar-refractivity contribution in [2.75, 3.05) is 13.2 Å². The lowest BCUT2D eigenvalue weighted by atomic mass is 9.60. The average Bonchev–Trinajstić information content (AvgIpc) is 2.45. The normalized spacial score (nSPS) is 39.4. The van der Waals surface area contributed by atoms with Gasteiger partial charge in [0.25, 0.3) is 0 Å². The molecule has 0 radical (unpaired) electrons. The third-order valence-corrected chi connectivity index (χ3v) is 5.14. The van der Waals surface area contributed by atoms with Crippen molar-refractivity contribution in [1.29, 1.82) is 0 Å². The van der Waals surface area contributed by atoms with Crippen molar-refractivity contribution >= 4 is 0 Å². The molecule has 0 aromatic heterocycles. The Morgan fingerprint density at radius 2 is 1.90 bits per heavy atom. The second-order valence-corrected chi connectivity index (χ2v) is 6.58. The number of fused-ring (bicyclic) bond motifs is 1. The van der Waals surface area contributed by atoms with Crippen LogP contribution in [0.3, 0.4) is 0 Å². The SMILES string of the molecule is CC1CC(O)(C2(CN)CCOc3ccccc32)CC(C)O1. The fourth-order valence-electron chi connectivity index (χ4n) is 4.26. The van der Waals surface area contributed by atoms with E-state index in [1.165, 1.54) is 0 Å². The topological polar surface area (TPSA) is 64.7 Å². The Bertz CT molecular complexity index is 509. The van der Waals surface area contributed by atoms with E-state index in [1.807, 2.05) is 38.1 Å². The molecule has 0 aliphatic carbocycles. The van der Waals surface area contributed by atoms with Crippen molar-refractivity contribution in [3.63, 3.8) is 0 Å². The Hall–Kier alpha value is -1.10. The summed E-state index contributed by atoms with van der Waals surface area (Å²) in [6.07, 6.45) is 2.05. The largest absolute Gasteiger partial charge is 0.493 e. The molecule has 4 heteroatoms. The molecule has 0 spiro atoms. The summed E-state index contributed by atoms with van der Waals surface area (Å²) in [6.45, 7) is 5.07. The van der Waals surface area contributed by atoms with Crippen molar-refractivity contribution in [3.8, 4) is 5.75 Å². The number of benzene rings is 1. The number of hydrogen-bond donors (Lipinski definition) is 2. The Balaban J connectivity index is 2.09. The zero-order valence-corrected chi connectivity index (χ0v) is 12.8. The summed E-state index contributed by atoms with van der Waals surface area (Å²) in [5, 5.41) is 11.5. The zero-order valence-electron chi connectivity index (χ0n) is 12.8. The first-order valence-electron chi connectivity index (χ1n) is 7.81. The summed E-state index contributed by atoms with van der Waals surface area (Å²) < 4.78 is 11.6. The molecule has 1 saturated heterocycles. The average molecular weight is 291 g/mol. The first-order chi connectivity index (χ1) is 10.0. The monoisotopic (exact) mass is 291 g/mol. The van der Waals surface area contributed by atoms with Crippen molar-refractivity contribution in [1.82, 2.24) is 0 Å². The third-order valence-electron chi connectivity index (χ3n) is 5.14. The Morgan fingerprint density at radius 1 is 1.24 bits per heavy atom. The van der Waals surface area contributed by atoms with Gasteiger partial charge in [-0.25, -0.2) is 0 Å². The van der Waals surface area contributed by atoms with Crippen LogP contribution in [0.2, 0.25) is 0 Å². The first-order valence-corrected chi connectivity index (χ1v) is 7.81. The van der Waals surface area contributed by atoms with Crippen LogP contribution in [0, 0.1) is 0 Å². The minimum Gasteiger partial charge on any atom is -0.493 e. The van der Waals surface area contributed by atoms with Crippen LogP contribution in [0.4, 0.5) is 0 Å². The van der Waals surface area contributed by atoms with Crippen LogP contribution < -0.4 is 10.5 Å². The minimum absolute atomic E-state index is 0.0391. The zero-order chi connectivity index (χ0) is 15.1. The lowest BCUT2D eigenvalue weighted by Gasteiger charge is -2.53. The maximum Gasteiger partial charge on any atom is 0.123 e. The fraction of sp³-hybridized carbons (Fsp3) is 0.647. The molecule has 2 aliphatic heterocycles. The molecular weight excluding hydrogens is 266 g/mol. The molecule has 3 atom stereocenters. The van der Waals surface area contributed by atoms with Crippen LogP contribution in [0.15, 0.2) is 24.3 Å². The van der Waals surface area contributed by atoms with Crippen LogP contribution in [0.1, 0.15) is 38.7 Å². The van der Waals surface area contributed by atoms with Gasteiger partial charge in [0.15, 0.2) is 0 Å². The number of ether oxygens (including phenoxy) is 2. The van der Waals surface area contributed by atoms with Crippen molar-refractivity contribution in [2.45, 2.75) is 56.3 Å². The molecule has 1 aromatic carbocycles. The van der Waals surface area contributed by atoms with Gasteiger partial charge < -0.3 is 20.3 Å². The molecule has 0 saturated carbocycles. The highest BCUT2D eigenvalue weighted by Crippen LogP contribution is 2.50. The Labute approximate surface area is 126 Å².